The van der Waals surface area contributed by atoms with Gasteiger partial charge in [-0.25, -0.2) is 8.42 Å². The molecule has 1 rings (SSSR count). The molecule has 5 heteroatoms. The van der Waals surface area contributed by atoms with Crippen molar-refractivity contribution in [3.63, 3.8) is 0 Å². The number of terminal acetylenes is 1. The van der Waals surface area contributed by atoms with Gasteiger partial charge in [0.15, 0.2) is 0 Å². The molecule has 0 unspecified atom stereocenters. The average molecular weight is 238 g/mol. The minimum absolute atomic E-state index is 0.0640. The second-order valence-corrected chi connectivity index (χ2v) is 5.53. The van der Waals surface area contributed by atoms with Gasteiger partial charge in [0.2, 0.25) is 10.0 Å². The Kier molecular flexibility index (Phi) is 3.93. The second-order valence-electron chi connectivity index (χ2n) is 3.46. The van der Waals surface area contributed by atoms with E-state index < -0.39 is 10.0 Å². The summed E-state index contributed by atoms with van der Waals surface area (Å²) in [7, 11) is -1.87. The van der Waals surface area contributed by atoms with Gasteiger partial charge in [0.1, 0.15) is 0 Å². The van der Waals surface area contributed by atoms with Gasteiger partial charge in [-0.3, -0.25) is 0 Å². The lowest BCUT2D eigenvalue weighted by Gasteiger charge is -2.14. The van der Waals surface area contributed by atoms with Gasteiger partial charge in [-0.2, -0.15) is 4.31 Å². The Labute approximate surface area is 96.1 Å². The maximum absolute atomic E-state index is 11.8. The molecule has 0 bridgehead atoms. The Balaban J connectivity index is 2.81. The van der Waals surface area contributed by atoms with E-state index in [0.29, 0.717) is 11.3 Å². The fourth-order valence-corrected chi connectivity index (χ4v) is 2.27. The van der Waals surface area contributed by atoms with Crippen LogP contribution in [0.3, 0.4) is 0 Å². The zero-order valence-corrected chi connectivity index (χ0v) is 9.87. The van der Waals surface area contributed by atoms with Crippen LogP contribution in [0, 0.1) is 12.3 Å². The highest BCUT2D eigenvalue weighted by Gasteiger charge is 2.17. The zero-order valence-electron chi connectivity index (χ0n) is 9.05. The van der Waals surface area contributed by atoms with E-state index in [1.807, 2.05) is 0 Å². The summed E-state index contributed by atoms with van der Waals surface area (Å²) in [5.41, 5.74) is 6.81. The third kappa shape index (κ3) is 3.26. The van der Waals surface area contributed by atoms with Crippen molar-refractivity contribution < 1.29 is 8.42 Å². The maximum Gasteiger partial charge on any atom is 0.218 e. The van der Waals surface area contributed by atoms with E-state index in [1.165, 1.54) is 7.05 Å². The van der Waals surface area contributed by atoms with E-state index in [-0.39, 0.29) is 12.3 Å². The second kappa shape index (κ2) is 5.01. The molecule has 4 nitrogen and oxygen atoms in total. The molecule has 0 heterocycles. The van der Waals surface area contributed by atoms with Crippen molar-refractivity contribution in [2.45, 2.75) is 5.75 Å². The van der Waals surface area contributed by atoms with E-state index in [1.54, 1.807) is 24.3 Å². The minimum atomic E-state index is -3.34. The molecule has 0 amide bonds. The summed E-state index contributed by atoms with van der Waals surface area (Å²) in [6.45, 7) is 0.0807. The van der Waals surface area contributed by atoms with Crippen LogP contribution in [0.4, 0.5) is 5.69 Å². The van der Waals surface area contributed by atoms with Gasteiger partial charge in [-0.1, -0.05) is 18.1 Å². The monoisotopic (exact) mass is 238 g/mol. The largest absolute Gasteiger partial charge is 0.399 e. The van der Waals surface area contributed by atoms with E-state index in [2.05, 4.69) is 5.92 Å². The first-order valence-electron chi connectivity index (χ1n) is 4.67. The van der Waals surface area contributed by atoms with Crippen LogP contribution in [0.2, 0.25) is 0 Å². The van der Waals surface area contributed by atoms with Gasteiger partial charge in [-0.15, -0.1) is 6.42 Å². The maximum atomic E-state index is 11.8. The highest BCUT2D eigenvalue weighted by Crippen LogP contribution is 2.11. The van der Waals surface area contributed by atoms with Gasteiger partial charge in [0.25, 0.3) is 0 Å². The van der Waals surface area contributed by atoms with Gasteiger partial charge in [-0.05, 0) is 17.7 Å². The molecule has 0 aliphatic carbocycles. The van der Waals surface area contributed by atoms with Crippen LogP contribution in [0.15, 0.2) is 24.3 Å². The van der Waals surface area contributed by atoms with Crippen LogP contribution < -0.4 is 5.73 Å². The summed E-state index contributed by atoms with van der Waals surface area (Å²) >= 11 is 0. The quantitative estimate of drug-likeness (QED) is 0.619. The number of nitrogens with two attached hydrogens (primary N) is 1. The number of rotatable bonds is 4. The van der Waals surface area contributed by atoms with E-state index in [0.717, 1.165) is 4.31 Å². The molecule has 0 radical (unpaired) electrons. The standard InChI is InChI=1S/C11H14N2O2S/c1-3-8-13(2)16(14,15)9-10-4-6-11(12)7-5-10/h1,4-7H,8-9,12H2,2H3. The van der Waals surface area contributed by atoms with Crippen molar-refractivity contribution >= 4 is 15.7 Å². The predicted octanol–water partition coefficient (Wildman–Crippen LogP) is 0.664. The lowest BCUT2D eigenvalue weighted by Crippen LogP contribution is -2.28. The summed E-state index contributed by atoms with van der Waals surface area (Å²) in [4.78, 5) is 0. The lowest BCUT2D eigenvalue weighted by atomic mass is 10.2. The third-order valence-corrected chi connectivity index (χ3v) is 3.89. The Bertz CT molecular complexity index is 486. The Hall–Kier alpha value is -1.51. The van der Waals surface area contributed by atoms with E-state index >= 15 is 0 Å². The van der Waals surface area contributed by atoms with Crippen molar-refractivity contribution in [2.75, 3.05) is 19.3 Å². The molecule has 0 aliphatic rings. The molecular formula is C11H14N2O2S. The molecular weight excluding hydrogens is 224 g/mol. The molecule has 0 saturated heterocycles. The first kappa shape index (κ1) is 12.6. The summed E-state index contributed by atoms with van der Waals surface area (Å²) in [5.74, 6) is 2.23. The number of anilines is 1. The molecule has 0 aliphatic heterocycles. The minimum Gasteiger partial charge on any atom is -0.399 e. The van der Waals surface area contributed by atoms with Gasteiger partial charge in [0.05, 0.1) is 12.3 Å². The summed E-state index contributed by atoms with van der Waals surface area (Å²) < 4.78 is 24.7. The van der Waals surface area contributed by atoms with Gasteiger partial charge < -0.3 is 5.73 Å². The van der Waals surface area contributed by atoms with Crippen LogP contribution in [-0.4, -0.2) is 26.3 Å². The first-order chi connectivity index (χ1) is 7.45. The van der Waals surface area contributed by atoms with Crippen molar-refractivity contribution in [1.82, 2.24) is 4.31 Å². The Morgan fingerprint density at radius 3 is 2.44 bits per heavy atom. The van der Waals surface area contributed by atoms with Gasteiger partial charge >= 0.3 is 0 Å². The van der Waals surface area contributed by atoms with Crippen LogP contribution in [0.5, 0.6) is 0 Å². The highest BCUT2D eigenvalue weighted by atomic mass is 32.2. The van der Waals surface area contributed by atoms with Crippen molar-refractivity contribution in [3.8, 4) is 12.3 Å². The molecule has 0 saturated carbocycles. The molecule has 1 aromatic carbocycles. The third-order valence-electron chi connectivity index (χ3n) is 2.12. The van der Waals surface area contributed by atoms with Crippen LogP contribution >= 0.6 is 0 Å². The fraction of sp³-hybridized carbons (Fsp3) is 0.273. The van der Waals surface area contributed by atoms with Crippen LogP contribution in [0.25, 0.3) is 0 Å². The molecule has 0 aromatic heterocycles. The summed E-state index contributed by atoms with van der Waals surface area (Å²) in [6, 6.07) is 6.73. The number of benzene rings is 1. The Morgan fingerprint density at radius 2 is 1.94 bits per heavy atom. The SMILES string of the molecule is C#CCN(C)S(=O)(=O)Cc1ccc(N)cc1. The number of nitrogen functional groups attached to an aromatic ring is 1. The molecule has 0 atom stereocenters. The van der Waals surface area contributed by atoms with E-state index in [4.69, 9.17) is 12.2 Å². The molecule has 16 heavy (non-hydrogen) atoms. The molecule has 0 fully saturated rings. The zero-order chi connectivity index (χ0) is 12.2. The molecule has 86 valence electrons. The van der Waals surface area contributed by atoms with Crippen molar-refractivity contribution in [2.24, 2.45) is 0 Å². The number of sulfonamides is 1. The normalized spacial score (nSPS) is 11.3. The molecule has 2 N–H and O–H groups in total. The van der Waals surface area contributed by atoms with Crippen molar-refractivity contribution in [3.05, 3.63) is 29.8 Å². The lowest BCUT2D eigenvalue weighted by molar-refractivity contribution is 0.502. The van der Waals surface area contributed by atoms with Crippen LogP contribution in [0.1, 0.15) is 5.56 Å². The first-order valence-corrected chi connectivity index (χ1v) is 6.28. The fourth-order valence-electron chi connectivity index (χ4n) is 1.16. The molecule has 0 spiro atoms. The Morgan fingerprint density at radius 1 is 1.38 bits per heavy atom. The van der Waals surface area contributed by atoms with Gasteiger partial charge in [0, 0.05) is 12.7 Å². The predicted molar refractivity (Wildman–Crippen MR) is 64.9 cm³/mol. The number of nitrogens with zero attached hydrogens (tertiary/aromatic N) is 1. The highest BCUT2D eigenvalue weighted by molar-refractivity contribution is 7.88. The number of hydrogen-bond donors (Lipinski definition) is 1. The smallest absolute Gasteiger partial charge is 0.218 e. The number of hydrogen-bond acceptors (Lipinski definition) is 3. The van der Waals surface area contributed by atoms with E-state index in [9.17, 15) is 8.42 Å². The summed E-state index contributed by atoms with van der Waals surface area (Å²) in [6.07, 6.45) is 5.07. The van der Waals surface area contributed by atoms with Crippen LogP contribution in [-0.2, 0) is 15.8 Å². The van der Waals surface area contributed by atoms with Crippen molar-refractivity contribution in [1.29, 1.82) is 0 Å². The average Bonchev–Trinajstić information content (AvgIpc) is 2.21. The molecule has 1 aromatic rings. The topological polar surface area (TPSA) is 63.4 Å². The summed E-state index contributed by atoms with van der Waals surface area (Å²) in [5, 5.41) is 0.